The Balaban J connectivity index is 2.05. The van der Waals surface area contributed by atoms with Gasteiger partial charge in [0.15, 0.2) is 0 Å². The van der Waals surface area contributed by atoms with E-state index in [1.165, 1.54) is 0 Å². The predicted octanol–water partition coefficient (Wildman–Crippen LogP) is 3.00. The summed E-state index contributed by atoms with van der Waals surface area (Å²) < 4.78 is 0. The normalized spacial score (nSPS) is 14.2. The Bertz CT molecular complexity index is 694. The molecule has 1 heterocycles. The van der Waals surface area contributed by atoms with Crippen LogP contribution in [0.25, 0.3) is 0 Å². The number of nitrogens with zero attached hydrogens (tertiary/aromatic N) is 1. The molecule has 1 aromatic carbocycles. The van der Waals surface area contributed by atoms with Gasteiger partial charge in [0, 0.05) is 36.3 Å². The van der Waals surface area contributed by atoms with E-state index in [9.17, 15) is 14.4 Å². The fraction of sp³-hybridized carbons (Fsp3) is 0.526. The van der Waals surface area contributed by atoms with E-state index in [1.54, 1.807) is 32.0 Å². The monoisotopic (exact) mass is 361 g/mol. The fourth-order valence-corrected chi connectivity index (χ4v) is 3.04. The summed E-state index contributed by atoms with van der Waals surface area (Å²) in [6, 6.07) is 4.85. The number of likely N-dealkylation sites (tertiary alicyclic amines) is 1. The minimum Gasteiger partial charge on any atom is -0.481 e. The summed E-state index contributed by atoms with van der Waals surface area (Å²) in [5.41, 5.74) is 1.23. The van der Waals surface area contributed by atoms with Crippen LogP contribution in [0.1, 0.15) is 55.5 Å². The van der Waals surface area contributed by atoms with Gasteiger partial charge in [-0.2, -0.15) is 0 Å². The summed E-state index contributed by atoms with van der Waals surface area (Å²) in [6.45, 7) is 6.91. The molecule has 1 aliphatic heterocycles. The van der Waals surface area contributed by atoms with Crippen LogP contribution < -0.4 is 10.6 Å². The molecule has 7 nitrogen and oxygen atoms in total. The molecule has 26 heavy (non-hydrogen) atoms. The summed E-state index contributed by atoms with van der Waals surface area (Å²) in [7, 11) is 0. The topological polar surface area (TPSA) is 98.7 Å². The average molecular weight is 361 g/mol. The maximum Gasteiger partial charge on any atom is 0.319 e. The maximum atomic E-state index is 12.6. The number of aliphatic carboxylic acids is 1. The van der Waals surface area contributed by atoms with Crippen LogP contribution in [-0.2, 0) is 4.79 Å². The lowest BCUT2D eigenvalue weighted by Crippen LogP contribution is -2.45. The highest BCUT2D eigenvalue weighted by molar-refractivity contribution is 5.99. The first-order valence-corrected chi connectivity index (χ1v) is 8.89. The molecule has 1 aliphatic rings. The lowest BCUT2D eigenvalue weighted by Gasteiger charge is -2.26. The number of carbonyl (C=O) groups excluding carboxylic acids is 2. The van der Waals surface area contributed by atoms with Crippen molar-refractivity contribution in [2.24, 2.45) is 0 Å². The van der Waals surface area contributed by atoms with Gasteiger partial charge in [0.2, 0.25) is 0 Å². The van der Waals surface area contributed by atoms with Crippen LogP contribution in [0.15, 0.2) is 18.2 Å². The van der Waals surface area contributed by atoms with E-state index in [-0.39, 0.29) is 12.3 Å². The summed E-state index contributed by atoms with van der Waals surface area (Å²) in [5, 5.41) is 14.3. The van der Waals surface area contributed by atoms with Crippen molar-refractivity contribution in [2.75, 3.05) is 18.4 Å². The second-order valence-electron chi connectivity index (χ2n) is 7.33. The number of rotatable bonds is 6. The molecule has 0 bridgehead atoms. The summed E-state index contributed by atoms with van der Waals surface area (Å²) in [5.74, 6) is -0.907. The zero-order valence-corrected chi connectivity index (χ0v) is 15.6. The lowest BCUT2D eigenvalue weighted by atomic mass is 9.99. The predicted molar refractivity (Wildman–Crippen MR) is 99.4 cm³/mol. The third-order valence-corrected chi connectivity index (χ3v) is 4.62. The first-order valence-electron chi connectivity index (χ1n) is 8.89. The largest absolute Gasteiger partial charge is 0.481 e. The van der Waals surface area contributed by atoms with Crippen molar-refractivity contribution >= 4 is 23.6 Å². The Labute approximate surface area is 153 Å². The van der Waals surface area contributed by atoms with E-state index in [4.69, 9.17) is 5.11 Å². The molecule has 0 unspecified atom stereocenters. The molecule has 2 rings (SSSR count). The SMILES string of the molecule is Cc1c(NC(=O)NC(C)(C)CCC(=O)O)cccc1C(=O)N1CCCC1. The first-order chi connectivity index (χ1) is 12.2. The molecule has 0 aromatic heterocycles. The van der Waals surface area contributed by atoms with Crippen LogP contribution in [0, 0.1) is 6.92 Å². The molecule has 0 atom stereocenters. The number of carboxylic acid groups (broad SMARTS) is 1. The smallest absolute Gasteiger partial charge is 0.319 e. The first kappa shape index (κ1) is 19.8. The third-order valence-electron chi connectivity index (χ3n) is 4.62. The second kappa shape index (κ2) is 8.21. The number of hydrogen-bond acceptors (Lipinski definition) is 3. The van der Waals surface area contributed by atoms with Crippen molar-refractivity contribution in [1.29, 1.82) is 0 Å². The Hall–Kier alpha value is -2.57. The minimum atomic E-state index is -0.899. The number of carbonyl (C=O) groups is 3. The van der Waals surface area contributed by atoms with E-state index in [2.05, 4.69) is 10.6 Å². The van der Waals surface area contributed by atoms with Gasteiger partial charge < -0.3 is 20.6 Å². The van der Waals surface area contributed by atoms with Gasteiger partial charge in [0.1, 0.15) is 0 Å². The van der Waals surface area contributed by atoms with Gasteiger partial charge in [-0.25, -0.2) is 4.79 Å². The maximum absolute atomic E-state index is 12.6. The van der Waals surface area contributed by atoms with Gasteiger partial charge >= 0.3 is 12.0 Å². The second-order valence-corrected chi connectivity index (χ2v) is 7.33. The van der Waals surface area contributed by atoms with Gasteiger partial charge in [-0.15, -0.1) is 0 Å². The molecule has 1 saturated heterocycles. The number of hydrogen-bond donors (Lipinski definition) is 3. The number of urea groups is 1. The summed E-state index contributed by atoms with van der Waals surface area (Å²) in [4.78, 5) is 37.5. The molecule has 0 radical (unpaired) electrons. The minimum absolute atomic E-state index is 0.00848. The lowest BCUT2D eigenvalue weighted by molar-refractivity contribution is -0.137. The molecular weight excluding hydrogens is 334 g/mol. The van der Waals surface area contributed by atoms with E-state index in [0.29, 0.717) is 17.7 Å². The number of carboxylic acids is 1. The van der Waals surface area contributed by atoms with E-state index < -0.39 is 17.5 Å². The Morgan fingerprint density at radius 1 is 1.19 bits per heavy atom. The molecule has 1 aromatic rings. The van der Waals surface area contributed by atoms with Gasteiger partial charge in [0.25, 0.3) is 5.91 Å². The Morgan fingerprint density at radius 3 is 2.46 bits per heavy atom. The number of amides is 3. The highest BCUT2D eigenvalue weighted by atomic mass is 16.4. The number of nitrogens with one attached hydrogen (secondary N) is 2. The van der Waals surface area contributed by atoms with Crippen molar-refractivity contribution in [1.82, 2.24) is 10.2 Å². The zero-order chi connectivity index (χ0) is 19.3. The van der Waals surface area contributed by atoms with Crippen LogP contribution in [0.2, 0.25) is 0 Å². The van der Waals surface area contributed by atoms with Gasteiger partial charge in [0.05, 0.1) is 0 Å². The molecular formula is C19H27N3O4. The van der Waals surface area contributed by atoms with Crippen molar-refractivity contribution in [3.8, 4) is 0 Å². The molecule has 0 saturated carbocycles. The number of anilines is 1. The molecule has 1 fully saturated rings. The van der Waals surface area contributed by atoms with Crippen LogP contribution in [-0.4, -0.2) is 46.5 Å². The molecule has 7 heteroatoms. The van der Waals surface area contributed by atoms with Gasteiger partial charge in [-0.05, 0) is 57.7 Å². The van der Waals surface area contributed by atoms with Crippen LogP contribution in [0.3, 0.4) is 0 Å². The molecule has 0 spiro atoms. The Morgan fingerprint density at radius 2 is 1.85 bits per heavy atom. The Kier molecular flexibility index (Phi) is 6.23. The highest BCUT2D eigenvalue weighted by Gasteiger charge is 2.24. The molecule has 0 aliphatic carbocycles. The van der Waals surface area contributed by atoms with Gasteiger partial charge in [-0.1, -0.05) is 6.07 Å². The van der Waals surface area contributed by atoms with Crippen LogP contribution >= 0.6 is 0 Å². The van der Waals surface area contributed by atoms with Crippen molar-refractivity contribution < 1.29 is 19.5 Å². The molecule has 142 valence electrons. The van der Waals surface area contributed by atoms with E-state index in [0.717, 1.165) is 31.5 Å². The quantitative estimate of drug-likeness (QED) is 0.725. The average Bonchev–Trinajstić information content (AvgIpc) is 3.08. The zero-order valence-electron chi connectivity index (χ0n) is 15.6. The third kappa shape index (κ3) is 5.21. The molecule has 3 N–H and O–H groups in total. The van der Waals surface area contributed by atoms with E-state index >= 15 is 0 Å². The highest BCUT2D eigenvalue weighted by Crippen LogP contribution is 2.22. The van der Waals surface area contributed by atoms with Crippen molar-refractivity contribution in [2.45, 2.75) is 52.0 Å². The van der Waals surface area contributed by atoms with Crippen LogP contribution in [0.5, 0.6) is 0 Å². The summed E-state index contributed by atoms with van der Waals surface area (Å²) >= 11 is 0. The van der Waals surface area contributed by atoms with Gasteiger partial charge in [-0.3, -0.25) is 9.59 Å². The molecule has 3 amide bonds. The fourth-order valence-electron chi connectivity index (χ4n) is 3.04. The van der Waals surface area contributed by atoms with Crippen molar-refractivity contribution in [3.63, 3.8) is 0 Å². The summed E-state index contributed by atoms with van der Waals surface area (Å²) in [6.07, 6.45) is 2.35. The van der Waals surface area contributed by atoms with Crippen LogP contribution in [0.4, 0.5) is 10.5 Å². The standard InChI is InChI=1S/C19H27N3O4/c1-13-14(17(25)22-11-4-5-12-22)7-6-8-15(13)20-18(26)21-19(2,3)10-9-16(23)24/h6-8H,4-5,9-12H2,1-3H3,(H,23,24)(H2,20,21,26). The van der Waals surface area contributed by atoms with E-state index in [1.807, 2.05) is 11.8 Å². The number of benzene rings is 1. The van der Waals surface area contributed by atoms with Crippen molar-refractivity contribution in [3.05, 3.63) is 29.3 Å².